The summed E-state index contributed by atoms with van der Waals surface area (Å²) in [5, 5.41) is 11.4. The molecule has 0 aliphatic heterocycles. The van der Waals surface area contributed by atoms with E-state index in [4.69, 9.17) is 0 Å². The van der Waals surface area contributed by atoms with Crippen molar-refractivity contribution in [1.29, 1.82) is 0 Å². The van der Waals surface area contributed by atoms with Gasteiger partial charge in [0.15, 0.2) is 0 Å². The summed E-state index contributed by atoms with van der Waals surface area (Å²) in [4.78, 5) is 0. The number of rotatable bonds is 0. The van der Waals surface area contributed by atoms with E-state index in [2.05, 4.69) is 27.7 Å². The van der Waals surface area contributed by atoms with Crippen LogP contribution in [-0.4, -0.2) is 6.10 Å². The van der Waals surface area contributed by atoms with Gasteiger partial charge in [-0.25, -0.2) is 5.11 Å². The molecule has 0 heterocycles. The van der Waals surface area contributed by atoms with E-state index < -0.39 is 0 Å². The molecule has 0 saturated heterocycles. The molecule has 1 heteroatoms. The molecular formula is C10H19O. The average molecular weight is 155 g/mol. The van der Waals surface area contributed by atoms with Gasteiger partial charge in [0.1, 0.15) is 0 Å². The van der Waals surface area contributed by atoms with Gasteiger partial charge in [0.05, 0.1) is 6.10 Å². The van der Waals surface area contributed by atoms with Crippen LogP contribution in [0.5, 0.6) is 0 Å². The fourth-order valence-corrected chi connectivity index (χ4v) is 2.74. The maximum Gasteiger partial charge on any atom is 0.0940 e. The fourth-order valence-electron chi connectivity index (χ4n) is 2.74. The standard InChI is InChI=1S/C10H19O/c1-9(2)5-8(11)6-10(3,4)7-9/h8H,5-7H2,1-4H3. The Labute approximate surface area is 69.8 Å². The molecule has 0 aromatic rings. The molecule has 1 aliphatic rings. The van der Waals surface area contributed by atoms with E-state index in [1.54, 1.807) is 0 Å². The lowest BCUT2D eigenvalue weighted by Gasteiger charge is -2.42. The minimum Gasteiger partial charge on any atom is -0.233 e. The second-order valence-corrected chi connectivity index (χ2v) is 5.54. The Hall–Kier alpha value is -0.0400. The van der Waals surface area contributed by atoms with Crippen LogP contribution in [0.4, 0.5) is 0 Å². The van der Waals surface area contributed by atoms with Crippen molar-refractivity contribution in [3.8, 4) is 0 Å². The molecule has 1 radical (unpaired) electrons. The van der Waals surface area contributed by atoms with Crippen LogP contribution < -0.4 is 0 Å². The summed E-state index contributed by atoms with van der Waals surface area (Å²) in [6.45, 7) is 8.83. The van der Waals surface area contributed by atoms with E-state index in [9.17, 15) is 5.11 Å². The van der Waals surface area contributed by atoms with E-state index in [1.807, 2.05) is 0 Å². The van der Waals surface area contributed by atoms with Crippen LogP contribution in [0.1, 0.15) is 47.0 Å². The van der Waals surface area contributed by atoms with E-state index in [0.29, 0.717) is 0 Å². The molecule has 1 fully saturated rings. The maximum atomic E-state index is 11.4. The third-order valence-electron chi connectivity index (χ3n) is 2.52. The molecule has 1 nitrogen and oxygen atoms in total. The lowest BCUT2D eigenvalue weighted by Crippen LogP contribution is -2.35. The van der Waals surface area contributed by atoms with Crippen molar-refractivity contribution in [2.45, 2.75) is 53.1 Å². The molecule has 0 bridgehead atoms. The van der Waals surface area contributed by atoms with Gasteiger partial charge in [-0.15, -0.1) is 0 Å². The van der Waals surface area contributed by atoms with E-state index in [-0.39, 0.29) is 16.9 Å². The minimum absolute atomic E-state index is 0.272. The molecule has 1 rings (SSSR count). The van der Waals surface area contributed by atoms with Crippen LogP contribution >= 0.6 is 0 Å². The SMILES string of the molecule is CC1(C)CC([O])CC(C)(C)C1. The number of hydrogen-bond acceptors (Lipinski definition) is 0. The van der Waals surface area contributed by atoms with Gasteiger partial charge in [-0.1, -0.05) is 27.7 Å². The van der Waals surface area contributed by atoms with Gasteiger partial charge >= 0.3 is 0 Å². The van der Waals surface area contributed by atoms with Gasteiger partial charge in [0, 0.05) is 0 Å². The second-order valence-electron chi connectivity index (χ2n) is 5.54. The molecule has 0 amide bonds. The van der Waals surface area contributed by atoms with Crippen molar-refractivity contribution in [2.75, 3.05) is 0 Å². The first-order valence-corrected chi connectivity index (χ1v) is 4.47. The lowest BCUT2D eigenvalue weighted by molar-refractivity contribution is -0.0387. The minimum atomic E-state index is -0.325. The Morgan fingerprint density at radius 2 is 1.36 bits per heavy atom. The van der Waals surface area contributed by atoms with Crippen LogP contribution in [0.2, 0.25) is 0 Å². The van der Waals surface area contributed by atoms with Crippen molar-refractivity contribution >= 4 is 0 Å². The summed E-state index contributed by atoms with van der Waals surface area (Å²) in [6, 6.07) is 0. The van der Waals surface area contributed by atoms with E-state index in [0.717, 1.165) is 12.8 Å². The quantitative estimate of drug-likeness (QED) is 0.512. The zero-order valence-corrected chi connectivity index (χ0v) is 8.11. The first-order valence-electron chi connectivity index (χ1n) is 4.47. The predicted molar refractivity (Wildman–Crippen MR) is 45.9 cm³/mol. The van der Waals surface area contributed by atoms with Crippen molar-refractivity contribution < 1.29 is 5.11 Å². The van der Waals surface area contributed by atoms with Crippen LogP contribution in [0.25, 0.3) is 0 Å². The van der Waals surface area contributed by atoms with Crippen molar-refractivity contribution in [3.05, 3.63) is 0 Å². The highest BCUT2D eigenvalue weighted by atomic mass is 16.3. The molecule has 1 saturated carbocycles. The third kappa shape index (κ3) is 2.48. The van der Waals surface area contributed by atoms with Crippen molar-refractivity contribution in [2.24, 2.45) is 10.8 Å². The third-order valence-corrected chi connectivity index (χ3v) is 2.52. The highest BCUT2D eigenvalue weighted by Crippen LogP contribution is 2.45. The van der Waals surface area contributed by atoms with Crippen LogP contribution in [0.15, 0.2) is 0 Å². The normalized spacial score (nSPS) is 30.3. The average Bonchev–Trinajstić information content (AvgIpc) is 1.49. The van der Waals surface area contributed by atoms with Crippen LogP contribution in [-0.2, 0) is 5.11 Å². The summed E-state index contributed by atoms with van der Waals surface area (Å²) in [6.07, 6.45) is 2.58. The van der Waals surface area contributed by atoms with Gasteiger partial charge in [-0.2, -0.15) is 0 Å². The fraction of sp³-hybridized carbons (Fsp3) is 1.00. The summed E-state index contributed by atoms with van der Waals surface area (Å²) < 4.78 is 0. The summed E-state index contributed by atoms with van der Waals surface area (Å²) in [7, 11) is 0. The maximum absolute atomic E-state index is 11.4. The van der Waals surface area contributed by atoms with Gasteiger partial charge in [0.25, 0.3) is 0 Å². The Bertz CT molecular complexity index is 131. The van der Waals surface area contributed by atoms with E-state index in [1.165, 1.54) is 6.42 Å². The first-order chi connectivity index (χ1) is 4.81. The van der Waals surface area contributed by atoms with Crippen molar-refractivity contribution in [1.82, 2.24) is 0 Å². The topological polar surface area (TPSA) is 19.9 Å². The Balaban J connectivity index is 2.66. The molecule has 1 aliphatic carbocycles. The molecule has 0 aromatic heterocycles. The summed E-state index contributed by atoms with van der Waals surface area (Å²) in [5.41, 5.74) is 0.544. The predicted octanol–water partition coefficient (Wildman–Crippen LogP) is 3.02. The summed E-state index contributed by atoms with van der Waals surface area (Å²) >= 11 is 0. The zero-order valence-electron chi connectivity index (χ0n) is 8.11. The van der Waals surface area contributed by atoms with Crippen molar-refractivity contribution in [3.63, 3.8) is 0 Å². The van der Waals surface area contributed by atoms with Gasteiger partial charge in [-0.3, -0.25) is 0 Å². The monoisotopic (exact) mass is 155 g/mol. The second kappa shape index (κ2) is 2.48. The van der Waals surface area contributed by atoms with Crippen LogP contribution in [0, 0.1) is 10.8 Å². The molecule has 0 unspecified atom stereocenters. The highest BCUT2D eigenvalue weighted by Gasteiger charge is 2.38. The Morgan fingerprint density at radius 3 is 1.64 bits per heavy atom. The molecule has 65 valence electrons. The molecule has 0 aromatic carbocycles. The Morgan fingerprint density at radius 1 is 1.00 bits per heavy atom. The molecule has 0 spiro atoms. The first kappa shape index (κ1) is 9.05. The summed E-state index contributed by atoms with van der Waals surface area (Å²) in [5.74, 6) is 0. The molecule has 11 heavy (non-hydrogen) atoms. The van der Waals surface area contributed by atoms with Crippen LogP contribution in [0.3, 0.4) is 0 Å². The van der Waals surface area contributed by atoms with Gasteiger partial charge in [0.2, 0.25) is 0 Å². The van der Waals surface area contributed by atoms with Gasteiger partial charge in [-0.05, 0) is 30.1 Å². The molecule has 0 N–H and O–H groups in total. The number of hydrogen-bond donors (Lipinski definition) is 0. The zero-order chi connectivity index (χ0) is 8.70. The largest absolute Gasteiger partial charge is 0.233 e. The Kier molecular flexibility index (Phi) is 2.04. The lowest BCUT2D eigenvalue weighted by atomic mass is 9.64. The van der Waals surface area contributed by atoms with E-state index >= 15 is 0 Å². The smallest absolute Gasteiger partial charge is 0.0940 e. The highest BCUT2D eigenvalue weighted by molar-refractivity contribution is 4.88. The molecule has 0 atom stereocenters. The van der Waals surface area contributed by atoms with Gasteiger partial charge < -0.3 is 0 Å². The molecular weight excluding hydrogens is 136 g/mol.